The average Bonchev–Trinajstić information content (AvgIpc) is 2.97. The van der Waals surface area contributed by atoms with E-state index in [1.807, 2.05) is 24.3 Å². The highest BCUT2D eigenvalue weighted by Crippen LogP contribution is 2.39. The molecule has 2 aliphatic heterocycles. The number of amides is 3. The fourth-order valence-corrected chi connectivity index (χ4v) is 3.62. The third-order valence-electron chi connectivity index (χ3n) is 4.74. The van der Waals surface area contributed by atoms with Crippen LogP contribution in [0.15, 0.2) is 64.3 Å². The molecule has 0 aromatic heterocycles. The first-order valence-corrected chi connectivity index (χ1v) is 8.89. The summed E-state index contributed by atoms with van der Waals surface area (Å²) in [6.45, 7) is 0.239. The van der Waals surface area contributed by atoms with Crippen LogP contribution in [0, 0.1) is 0 Å². The molecule has 6 nitrogen and oxygen atoms in total. The number of hydrogen-bond donors (Lipinski definition) is 2. The number of aromatic hydroxyl groups is 1. The summed E-state index contributed by atoms with van der Waals surface area (Å²) < 4.78 is 0.920. The number of phenols is 1. The highest BCUT2D eigenvalue weighted by Gasteiger charge is 2.43. The van der Waals surface area contributed by atoms with E-state index in [2.05, 4.69) is 21.2 Å². The number of phenolic OH excluding ortho intramolecular Hbond substituents is 1. The van der Waals surface area contributed by atoms with Gasteiger partial charge in [-0.3, -0.25) is 14.6 Å². The van der Waals surface area contributed by atoms with Crippen LogP contribution in [-0.2, 0) is 4.79 Å². The molecule has 3 amide bonds. The molecule has 0 aliphatic carbocycles. The maximum atomic E-state index is 13.2. The number of hydrogen-bond acceptors (Lipinski definition) is 3. The van der Waals surface area contributed by atoms with Crippen LogP contribution in [-0.4, -0.2) is 35.5 Å². The van der Waals surface area contributed by atoms with Gasteiger partial charge in [0.2, 0.25) is 0 Å². The second kappa shape index (κ2) is 6.17. The van der Waals surface area contributed by atoms with Gasteiger partial charge in [0, 0.05) is 11.5 Å². The zero-order valence-electron chi connectivity index (χ0n) is 13.9. The van der Waals surface area contributed by atoms with Crippen molar-refractivity contribution in [2.75, 3.05) is 18.5 Å². The molecule has 2 heterocycles. The van der Waals surface area contributed by atoms with Crippen LogP contribution in [0.3, 0.4) is 0 Å². The lowest BCUT2D eigenvalue weighted by molar-refractivity contribution is -0.114. The molecule has 132 valence electrons. The van der Waals surface area contributed by atoms with Gasteiger partial charge in [0.15, 0.2) is 0 Å². The second-order valence-electron chi connectivity index (χ2n) is 6.23. The van der Waals surface area contributed by atoms with Crippen LogP contribution in [0.1, 0.15) is 11.6 Å². The van der Waals surface area contributed by atoms with Crippen molar-refractivity contribution in [3.8, 4) is 5.75 Å². The van der Waals surface area contributed by atoms with E-state index in [4.69, 9.17) is 0 Å². The molecule has 0 saturated carbocycles. The lowest BCUT2D eigenvalue weighted by Crippen LogP contribution is -2.45. The normalized spacial score (nSPS) is 19.7. The summed E-state index contributed by atoms with van der Waals surface area (Å²) in [4.78, 5) is 28.5. The number of anilines is 1. The standard InChI is InChI=1S/C19H16BrN3O3/c1-22-14-10-23(13-4-2-3-5-15(13)24)18(25)16(14)17(21-19(22)26)11-6-8-12(20)9-7-11/h2-9,17,24H,10H2,1H3,(H,21,26)/t17-/m1/s1. The van der Waals surface area contributed by atoms with E-state index in [0.717, 1.165) is 10.0 Å². The summed E-state index contributed by atoms with van der Waals surface area (Å²) in [6, 6.07) is 13.4. The highest BCUT2D eigenvalue weighted by atomic mass is 79.9. The van der Waals surface area contributed by atoms with Gasteiger partial charge in [0.25, 0.3) is 5.91 Å². The largest absolute Gasteiger partial charge is 0.506 e. The molecule has 7 heteroatoms. The maximum absolute atomic E-state index is 13.2. The average molecular weight is 414 g/mol. The molecule has 0 radical (unpaired) electrons. The number of carbonyl (C=O) groups excluding carboxylic acids is 2. The number of likely N-dealkylation sites (N-methyl/N-ethyl adjacent to an activating group) is 1. The molecule has 26 heavy (non-hydrogen) atoms. The van der Waals surface area contributed by atoms with Crippen molar-refractivity contribution in [1.29, 1.82) is 0 Å². The van der Waals surface area contributed by atoms with Crippen molar-refractivity contribution in [2.24, 2.45) is 0 Å². The smallest absolute Gasteiger partial charge is 0.322 e. The number of halogens is 1. The maximum Gasteiger partial charge on any atom is 0.322 e. The minimum Gasteiger partial charge on any atom is -0.506 e. The first-order valence-electron chi connectivity index (χ1n) is 8.10. The Balaban J connectivity index is 1.78. The number of benzene rings is 2. The Morgan fingerprint density at radius 1 is 1.12 bits per heavy atom. The quantitative estimate of drug-likeness (QED) is 0.793. The molecule has 4 rings (SSSR count). The van der Waals surface area contributed by atoms with Crippen LogP contribution in [0.5, 0.6) is 5.75 Å². The predicted molar refractivity (Wildman–Crippen MR) is 101 cm³/mol. The van der Waals surface area contributed by atoms with Gasteiger partial charge in [-0.05, 0) is 29.8 Å². The molecular formula is C19H16BrN3O3. The Hall–Kier alpha value is -2.80. The SMILES string of the molecule is CN1C(=O)N[C@H](c2ccc(Br)cc2)C2=C1CN(c1ccccc1O)C2=O. The van der Waals surface area contributed by atoms with Gasteiger partial charge in [-0.15, -0.1) is 0 Å². The molecule has 0 fully saturated rings. The molecule has 1 atom stereocenters. The summed E-state index contributed by atoms with van der Waals surface area (Å²) in [7, 11) is 1.64. The summed E-state index contributed by atoms with van der Waals surface area (Å²) in [5.41, 5.74) is 2.43. The fourth-order valence-electron chi connectivity index (χ4n) is 3.36. The van der Waals surface area contributed by atoms with Crippen LogP contribution in [0.4, 0.5) is 10.5 Å². The number of nitrogens with one attached hydrogen (secondary N) is 1. The van der Waals surface area contributed by atoms with E-state index in [1.54, 1.807) is 31.3 Å². The lowest BCUT2D eigenvalue weighted by Gasteiger charge is -2.31. The van der Waals surface area contributed by atoms with Crippen LogP contribution in [0.2, 0.25) is 0 Å². The van der Waals surface area contributed by atoms with E-state index < -0.39 is 6.04 Å². The van der Waals surface area contributed by atoms with Gasteiger partial charge < -0.3 is 10.4 Å². The van der Waals surface area contributed by atoms with Crippen molar-refractivity contribution in [1.82, 2.24) is 10.2 Å². The highest BCUT2D eigenvalue weighted by molar-refractivity contribution is 9.10. The Morgan fingerprint density at radius 3 is 2.50 bits per heavy atom. The van der Waals surface area contributed by atoms with Gasteiger partial charge in [-0.1, -0.05) is 40.2 Å². The summed E-state index contributed by atoms with van der Waals surface area (Å²) in [6.07, 6.45) is 0. The number of nitrogens with zero attached hydrogens (tertiary/aromatic N) is 2. The molecule has 2 aliphatic rings. The number of urea groups is 1. The number of para-hydroxylation sites is 2. The van der Waals surface area contributed by atoms with Gasteiger partial charge in [0.1, 0.15) is 5.75 Å². The van der Waals surface area contributed by atoms with Crippen molar-refractivity contribution >= 4 is 33.6 Å². The molecule has 2 N–H and O–H groups in total. The lowest BCUT2D eigenvalue weighted by atomic mass is 9.96. The van der Waals surface area contributed by atoms with Crippen molar-refractivity contribution in [3.05, 3.63) is 69.8 Å². The Morgan fingerprint density at radius 2 is 1.81 bits per heavy atom. The molecule has 2 aromatic rings. The summed E-state index contributed by atoms with van der Waals surface area (Å²) in [5.74, 6) is -0.191. The second-order valence-corrected chi connectivity index (χ2v) is 7.15. The van der Waals surface area contributed by atoms with Crippen molar-refractivity contribution in [3.63, 3.8) is 0 Å². The van der Waals surface area contributed by atoms with E-state index in [1.165, 1.54) is 9.80 Å². The summed E-state index contributed by atoms with van der Waals surface area (Å²) >= 11 is 3.40. The molecule has 0 unspecified atom stereocenters. The first kappa shape index (κ1) is 16.7. The molecular weight excluding hydrogens is 398 g/mol. The Kier molecular flexibility index (Phi) is 3.96. The minimum absolute atomic E-state index is 0.0304. The van der Waals surface area contributed by atoms with Gasteiger partial charge in [-0.25, -0.2) is 4.79 Å². The Labute approximate surface area is 158 Å². The zero-order valence-corrected chi connectivity index (χ0v) is 15.5. The van der Waals surface area contributed by atoms with Crippen LogP contribution < -0.4 is 10.2 Å². The minimum atomic E-state index is -0.523. The van der Waals surface area contributed by atoms with Crippen molar-refractivity contribution in [2.45, 2.75) is 6.04 Å². The summed E-state index contributed by atoms with van der Waals surface area (Å²) in [5, 5.41) is 13.0. The first-order chi connectivity index (χ1) is 12.5. The topological polar surface area (TPSA) is 72.9 Å². The third kappa shape index (κ3) is 2.55. The monoisotopic (exact) mass is 413 g/mol. The predicted octanol–water partition coefficient (Wildman–Crippen LogP) is 3.15. The molecule has 0 saturated heterocycles. The fraction of sp³-hybridized carbons (Fsp3) is 0.158. The number of carbonyl (C=O) groups is 2. The van der Waals surface area contributed by atoms with E-state index in [9.17, 15) is 14.7 Å². The van der Waals surface area contributed by atoms with E-state index >= 15 is 0 Å². The van der Waals surface area contributed by atoms with Gasteiger partial charge >= 0.3 is 6.03 Å². The van der Waals surface area contributed by atoms with Crippen molar-refractivity contribution < 1.29 is 14.7 Å². The van der Waals surface area contributed by atoms with Gasteiger partial charge in [0.05, 0.1) is 29.5 Å². The molecule has 2 aromatic carbocycles. The molecule has 0 spiro atoms. The Bertz CT molecular complexity index is 939. The van der Waals surface area contributed by atoms with Gasteiger partial charge in [-0.2, -0.15) is 0 Å². The molecule has 0 bridgehead atoms. The third-order valence-corrected chi connectivity index (χ3v) is 5.26. The van der Waals surface area contributed by atoms with Crippen LogP contribution >= 0.6 is 15.9 Å². The van der Waals surface area contributed by atoms with E-state index in [-0.39, 0.29) is 24.2 Å². The van der Waals surface area contributed by atoms with E-state index in [0.29, 0.717) is 17.0 Å². The number of rotatable bonds is 2. The zero-order chi connectivity index (χ0) is 18.4. The van der Waals surface area contributed by atoms with Crippen LogP contribution in [0.25, 0.3) is 0 Å².